The van der Waals surface area contributed by atoms with Gasteiger partial charge in [-0.2, -0.15) is 0 Å². The third-order valence-electron chi connectivity index (χ3n) is 8.96. The first-order valence-corrected chi connectivity index (χ1v) is 10.3. The van der Waals surface area contributed by atoms with Crippen LogP contribution in [-0.2, 0) is 14.2 Å². The highest BCUT2D eigenvalue weighted by Crippen LogP contribution is 2.77. The zero-order chi connectivity index (χ0) is 20.3. The zero-order valence-corrected chi connectivity index (χ0v) is 17.2. The maximum absolute atomic E-state index is 11.4. The van der Waals surface area contributed by atoms with Crippen LogP contribution >= 0.6 is 0 Å². The summed E-state index contributed by atoms with van der Waals surface area (Å²) in [6.45, 7) is 10.4. The number of hydrogen-bond donors (Lipinski definition) is 3. The summed E-state index contributed by atoms with van der Waals surface area (Å²) in [6.07, 6.45) is 2.39. The number of aliphatic hydroxyl groups excluding tert-OH is 2. The minimum absolute atomic E-state index is 0.0567. The molecule has 4 bridgehead atoms. The molecule has 4 fully saturated rings. The normalized spacial score (nSPS) is 55.8. The van der Waals surface area contributed by atoms with Crippen molar-refractivity contribution in [2.75, 3.05) is 13.9 Å². The van der Waals surface area contributed by atoms with Crippen LogP contribution < -0.4 is 0 Å². The average molecular weight is 392 g/mol. The van der Waals surface area contributed by atoms with E-state index in [-0.39, 0.29) is 18.8 Å². The van der Waals surface area contributed by atoms with E-state index in [1.165, 1.54) is 0 Å². The molecule has 2 aliphatic heterocycles. The third-order valence-corrected chi connectivity index (χ3v) is 8.96. The van der Waals surface area contributed by atoms with E-state index in [1.54, 1.807) is 7.11 Å². The number of methoxy groups -OCH3 is 1. The SMILES string of the molecule is C=C1C2=C[C@H](O)C(C)(C)[C@]23O[C@]2(C[C@H]3O)C[C@@](C)(O)[C@@H]3CC[C@]12[C@@H]3OCOC. The lowest BCUT2D eigenvalue weighted by atomic mass is 9.53. The first-order valence-electron chi connectivity index (χ1n) is 10.3. The molecule has 0 radical (unpaired) electrons. The number of aliphatic hydroxyl groups is 3. The summed E-state index contributed by atoms with van der Waals surface area (Å²) in [6, 6.07) is 0. The van der Waals surface area contributed by atoms with Gasteiger partial charge in [-0.05, 0) is 37.0 Å². The second-order valence-corrected chi connectivity index (χ2v) is 10.4. The number of rotatable bonds is 3. The standard InChI is InChI=1S/C22H32O6/c1-12-14-8-15(23)18(2,3)22(14)16(24)9-20(28-22)10-19(4,25)13-6-7-21(12,20)17(13)27-11-26-5/h8,13,15-17,23-25H,1,6-7,9-11H2,2-5H3/t13-,15+,16-,17-,19-,20-,21-,22+/m1/s1. The Kier molecular flexibility index (Phi) is 3.63. The van der Waals surface area contributed by atoms with Gasteiger partial charge < -0.3 is 29.5 Å². The van der Waals surface area contributed by atoms with Crippen molar-refractivity contribution < 1.29 is 29.5 Å². The molecule has 0 aromatic carbocycles. The predicted molar refractivity (Wildman–Crippen MR) is 101 cm³/mol. The molecule has 3 spiro atoms. The molecule has 2 saturated carbocycles. The number of fused-ring (bicyclic) bond motifs is 1. The average Bonchev–Trinajstić information content (AvgIpc) is 3.15. The maximum atomic E-state index is 11.4. The Labute approximate surface area is 166 Å². The highest BCUT2D eigenvalue weighted by molar-refractivity contribution is 5.57. The van der Waals surface area contributed by atoms with E-state index >= 15 is 0 Å². The molecule has 3 N–H and O–H groups in total. The van der Waals surface area contributed by atoms with E-state index in [1.807, 2.05) is 26.8 Å². The lowest BCUT2D eigenvalue weighted by Gasteiger charge is -2.62. The van der Waals surface area contributed by atoms with Crippen molar-refractivity contribution in [3.63, 3.8) is 0 Å². The van der Waals surface area contributed by atoms with Crippen LogP contribution in [0.3, 0.4) is 0 Å². The zero-order valence-electron chi connectivity index (χ0n) is 17.2. The van der Waals surface area contributed by atoms with Crippen molar-refractivity contribution in [3.05, 3.63) is 23.8 Å². The third kappa shape index (κ3) is 1.74. The van der Waals surface area contributed by atoms with Crippen LogP contribution in [-0.4, -0.2) is 64.3 Å². The van der Waals surface area contributed by atoms with Crippen molar-refractivity contribution in [2.45, 2.75) is 81.6 Å². The van der Waals surface area contributed by atoms with E-state index in [9.17, 15) is 15.3 Å². The molecule has 0 aromatic heterocycles. The molecule has 0 aromatic rings. The van der Waals surface area contributed by atoms with Gasteiger partial charge in [0.2, 0.25) is 0 Å². The minimum atomic E-state index is -1.01. The fourth-order valence-corrected chi connectivity index (χ4v) is 7.68. The molecule has 6 nitrogen and oxygen atoms in total. The molecule has 0 unspecified atom stereocenters. The van der Waals surface area contributed by atoms with Gasteiger partial charge in [0.05, 0.1) is 34.9 Å². The Balaban J connectivity index is 1.74. The van der Waals surface area contributed by atoms with Crippen molar-refractivity contribution in [1.29, 1.82) is 0 Å². The van der Waals surface area contributed by atoms with Crippen molar-refractivity contribution >= 4 is 0 Å². The van der Waals surface area contributed by atoms with E-state index in [4.69, 9.17) is 14.2 Å². The van der Waals surface area contributed by atoms with Gasteiger partial charge in [-0.1, -0.05) is 20.4 Å². The Morgan fingerprint density at radius 1 is 1.29 bits per heavy atom. The maximum Gasteiger partial charge on any atom is 0.146 e. The highest BCUT2D eigenvalue weighted by atomic mass is 16.7. The van der Waals surface area contributed by atoms with Crippen LogP contribution in [0.2, 0.25) is 0 Å². The fraction of sp³-hybridized carbons (Fsp3) is 0.818. The van der Waals surface area contributed by atoms with E-state index in [0.29, 0.717) is 12.8 Å². The monoisotopic (exact) mass is 392 g/mol. The summed E-state index contributed by atoms with van der Waals surface area (Å²) in [5.41, 5.74) is -2.28. The Bertz CT molecular complexity index is 771. The van der Waals surface area contributed by atoms with Gasteiger partial charge in [-0.3, -0.25) is 0 Å². The predicted octanol–water partition coefficient (Wildman–Crippen LogP) is 1.68. The molecule has 156 valence electrons. The van der Waals surface area contributed by atoms with Gasteiger partial charge in [-0.25, -0.2) is 0 Å². The second-order valence-electron chi connectivity index (χ2n) is 10.4. The van der Waals surface area contributed by atoms with Gasteiger partial charge in [0.25, 0.3) is 0 Å². The summed E-state index contributed by atoms with van der Waals surface area (Å²) in [7, 11) is 1.59. The summed E-state index contributed by atoms with van der Waals surface area (Å²) in [4.78, 5) is 0. The number of ether oxygens (including phenoxy) is 3. The molecule has 3 aliphatic carbocycles. The molecule has 5 aliphatic rings. The molecule has 28 heavy (non-hydrogen) atoms. The van der Waals surface area contributed by atoms with Crippen LogP contribution in [0.15, 0.2) is 23.8 Å². The lowest BCUT2D eigenvalue weighted by Crippen LogP contribution is -2.69. The van der Waals surface area contributed by atoms with Gasteiger partial charge in [0.1, 0.15) is 12.4 Å². The van der Waals surface area contributed by atoms with Crippen molar-refractivity contribution in [1.82, 2.24) is 0 Å². The van der Waals surface area contributed by atoms with E-state index < -0.39 is 39.8 Å². The molecule has 2 saturated heterocycles. The summed E-state index contributed by atoms with van der Waals surface area (Å²) in [5, 5.41) is 33.6. The summed E-state index contributed by atoms with van der Waals surface area (Å²) in [5.74, 6) is -0.0567. The molecule has 5 rings (SSSR count). The smallest absolute Gasteiger partial charge is 0.146 e. The van der Waals surface area contributed by atoms with E-state index in [2.05, 4.69) is 6.58 Å². The van der Waals surface area contributed by atoms with Crippen LogP contribution in [0.1, 0.15) is 46.5 Å². The number of hydrogen-bond acceptors (Lipinski definition) is 6. The second kappa shape index (κ2) is 5.29. The van der Waals surface area contributed by atoms with Crippen LogP contribution in [0, 0.1) is 16.7 Å². The summed E-state index contributed by atoms with van der Waals surface area (Å²) >= 11 is 0. The largest absolute Gasteiger partial charge is 0.390 e. The molecule has 8 atom stereocenters. The van der Waals surface area contributed by atoms with Crippen molar-refractivity contribution in [3.8, 4) is 0 Å². The molecule has 2 heterocycles. The Hall–Kier alpha value is -0.760. The quantitative estimate of drug-likeness (QED) is 0.634. The van der Waals surface area contributed by atoms with Gasteiger partial charge in [0.15, 0.2) is 0 Å². The fourth-order valence-electron chi connectivity index (χ4n) is 7.68. The van der Waals surface area contributed by atoms with E-state index in [0.717, 1.165) is 24.0 Å². The summed E-state index contributed by atoms with van der Waals surface area (Å²) < 4.78 is 18.3. The van der Waals surface area contributed by atoms with Gasteiger partial charge in [0, 0.05) is 31.3 Å². The first kappa shape index (κ1) is 19.2. The highest BCUT2D eigenvalue weighted by Gasteiger charge is 2.82. The Morgan fingerprint density at radius 2 is 2.00 bits per heavy atom. The molecule has 6 heteroatoms. The lowest BCUT2D eigenvalue weighted by molar-refractivity contribution is -0.282. The first-order chi connectivity index (χ1) is 13.0. The van der Waals surface area contributed by atoms with Crippen LogP contribution in [0.4, 0.5) is 0 Å². The van der Waals surface area contributed by atoms with Crippen LogP contribution in [0.25, 0.3) is 0 Å². The van der Waals surface area contributed by atoms with Gasteiger partial charge in [-0.15, -0.1) is 0 Å². The Morgan fingerprint density at radius 3 is 2.68 bits per heavy atom. The molecule has 0 amide bonds. The van der Waals surface area contributed by atoms with Crippen LogP contribution in [0.5, 0.6) is 0 Å². The minimum Gasteiger partial charge on any atom is -0.390 e. The topological polar surface area (TPSA) is 88.4 Å². The van der Waals surface area contributed by atoms with Crippen molar-refractivity contribution in [2.24, 2.45) is 16.7 Å². The molecular formula is C22H32O6. The van der Waals surface area contributed by atoms with Gasteiger partial charge >= 0.3 is 0 Å². The molecular weight excluding hydrogens is 360 g/mol.